The van der Waals surface area contributed by atoms with Gasteiger partial charge in [-0.2, -0.15) is 5.10 Å². The lowest BCUT2D eigenvalue weighted by molar-refractivity contribution is 0.0945. The zero-order chi connectivity index (χ0) is 11.5. The van der Waals surface area contributed by atoms with Crippen molar-refractivity contribution in [1.82, 2.24) is 19.9 Å². The molecule has 6 heteroatoms. The van der Waals surface area contributed by atoms with Crippen molar-refractivity contribution >= 4 is 27.4 Å². The second kappa shape index (κ2) is 4.61. The minimum absolute atomic E-state index is 0.0825. The molecule has 0 aliphatic heterocycles. The average Bonchev–Trinajstić information content (AvgIpc) is 2.72. The van der Waals surface area contributed by atoms with Crippen molar-refractivity contribution in [3.8, 4) is 0 Å². The van der Waals surface area contributed by atoms with Crippen molar-refractivity contribution in [3.63, 3.8) is 0 Å². The van der Waals surface area contributed by atoms with Gasteiger partial charge in [0.2, 0.25) is 0 Å². The first-order valence-electron chi connectivity index (χ1n) is 4.86. The van der Waals surface area contributed by atoms with Crippen LogP contribution >= 0.6 is 15.9 Å². The minimum atomic E-state index is -0.130. The third kappa shape index (κ3) is 2.06. The number of aromatic nitrogens is 3. The number of rotatable bonds is 3. The molecule has 0 fully saturated rings. The average molecular weight is 283 g/mol. The normalized spacial score (nSPS) is 12.6. The maximum Gasteiger partial charge on any atom is 0.255 e. The van der Waals surface area contributed by atoms with Gasteiger partial charge >= 0.3 is 0 Å². The summed E-state index contributed by atoms with van der Waals surface area (Å²) in [5.41, 5.74) is 1.25. The summed E-state index contributed by atoms with van der Waals surface area (Å²) in [4.78, 5) is 15.9. The summed E-state index contributed by atoms with van der Waals surface area (Å²) in [5, 5.41) is 7.65. The van der Waals surface area contributed by atoms with E-state index in [0.29, 0.717) is 11.1 Å². The third-order valence-electron chi connectivity index (χ3n) is 2.18. The Morgan fingerprint density at radius 1 is 1.62 bits per heavy atom. The molecule has 0 saturated carbocycles. The van der Waals surface area contributed by atoms with Crippen LogP contribution in [0.25, 0.3) is 5.52 Å². The van der Waals surface area contributed by atoms with E-state index in [0.717, 1.165) is 5.33 Å². The number of halogens is 1. The number of carbonyl (C=O) groups excluding carboxylic acids is 1. The van der Waals surface area contributed by atoms with Gasteiger partial charge in [0, 0.05) is 23.8 Å². The van der Waals surface area contributed by atoms with E-state index in [1.54, 1.807) is 29.3 Å². The first kappa shape index (κ1) is 11.1. The van der Waals surface area contributed by atoms with Gasteiger partial charge in [0.15, 0.2) is 0 Å². The number of nitrogens with zero attached hydrogens (tertiary/aromatic N) is 3. The van der Waals surface area contributed by atoms with Crippen LogP contribution in [0.5, 0.6) is 0 Å². The molecule has 0 aliphatic rings. The summed E-state index contributed by atoms with van der Waals surface area (Å²) in [6, 6.07) is 0.0825. The first-order chi connectivity index (χ1) is 7.72. The molecule has 16 heavy (non-hydrogen) atoms. The van der Waals surface area contributed by atoms with Crippen LogP contribution in [0.4, 0.5) is 0 Å². The highest BCUT2D eigenvalue weighted by molar-refractivity contribution is 9.09. The van der Waals surface area contributed by atoms with Gasteiger partial charge in [0.05, 0.1) is 23.5 Å². The molecule has 5 nitrogen and oxygen atoms in total. The van der Waals surface area contributed by atoms with Gasteiger partial charge in [0.25, 0.3) is 5.91 Å². The first-order valence-corrected chi connectivity index (χ1v) is 5.98. The van der Waals surface area contributed by atoms with Gasteiger partial charge in [-0.15, -0.1) is 0 Å². The van der Waals surface area contributed by atoms with Crippen LogP contribution in [0.1, 0.15) is 17.3 Å². The minimum Gasteiger partial charge on any atom is -0.349 e. The van der Waals surface area contributed by atoms with Crippen molar-refractivity contribution in [1.29, 1.82) is 0 Å². The Morgan fingerprint density at radius 3 is 3.19 bits per heavy atom. The summed E-state index contributed by atoms with van der Waals surface area (Å²) < 4.78 is 1.63. The molecule has 84 valence electrons. The highest BCUT2D eigenvalue weighted by atomic mass is 79.9. The lowest BCUT2D eigenvalue weighted by Crippen LogP contribution is -2.33. The van der Waals surface area contributed by atoms with E-state index >= 15 is 0 Å². The van der Waals surface area contributed by atoms with Crippen molar-refractivity contribution in [2.24, 2.45) is 0 Å². The molecule has 1 unspecified atom stereocenters. The maximum absolute atomic E-state index is 11.9. The predicted octanol–water partition coefficient (Wildman–Crippen LogP) is 1.24. The summed E-state index contributed by atoms with van der Waals surface area (Å²) in [7, 11) is 0. The second-order valence-electron chi connectivity index (χ2n) is 3.49. The maximum atomic E-state index is 11.9. The van der Waals surface area contributed by atoms with Gasteiger partial charge in [-0.3, -0.25) is 9.78 Å². The Kier molecular flexibility index (Phi) is 3.19. The molecular weight excluding hydrogens is 272 g/mol. The molecule has 0 aliphatic carbocycles. The largest absolute Gasteiger partial charge is 0.349 e. The summed E-state index contributed by atoms with van der Waals surface area (Å²) >= 11 is 3.31. The fraction of sp³-hybridized carbons (Fsp3) is 0.300. The van der Waals surface area contributed by atoms with E-state index in [2.05, 4.69) is 31.3 Å². The Balaban J connectivity index is 2.30. The lowest BCUT2D eigenvalue weighted by Gasteiger charge is -2.09. The number of carbonyl (C=O) groups is 1. The molecule has 0 aromatic carbocycles. The second-order valence-corrected chi connectivity index (χ2v) is 4.14. The van der Waals surface area contributed by atoms with Crippen LogP contribution < -0.4 is 5.32 Å². The molecular formula is C10H11BrN4O. The van der Waals surface area contributed by atoms with Crippen molar-refractivity contribution in [2.45, 2.75) is 13.0 Å². The predicted molar refractivity (Wildman–Crippen MR) is 63.7 cm³/mol. The van der Waals surface area contributed by atoms with E-state index in [1.807, 2.05) is 6.92 Å². The molecule has 1 amide bonds. The summed E-state index contributed by atoms with van der Waals surface area (Å²) in [6.07, 6.45) is 6.51. The van der Waals surface area contributed by atoms with E-state index in [4.69, 9.17) is 0 Å². The summed E-state index contributed by atoms with van der Waals surface area (Å²) in [6.45, 7) is 1.93. The number of fused-ring (bicyclic) bond motifs is 1. The number of nitrogens with one attached hydrogen (secondary N) is 1. The molecule has 0 saturated heterocycles. The van der Waals surface area contributed by atoms with E-state index < -0.39 is 0 Å². The van der Waals surface area contributed by atoms with E-state index in [-0.39, 0.29) is 11.9 Å². The van der Waals surface area contributed by atoms with Gasteiger partial charge in [-0.1, -0.05) is 15.9 Å². The molecule has 1 N–H and O–H groups in total. The standard InChI is InChI=1S/C10H11BrN4O/c1-7(4-11)14-10(16)8-5-13-15-3-2-12-6-9(8)15/h2-3,5-7H,4H2,1H3,(H,14,16). The SMILES string of the molecule is CC(CBr)NC(=O)c1cnn2ccncc12. The molecule has 0 bridgehead atoms. The molecule has 0 spiro atoms. The highest BCUT2D eigenvalue weighted by Crippen LogP contribution is 2.08. The Labute approximate surface area is 101 Å². The van der Waals surface area contributed by atoms with E-state index in [9.17, 15) is 4.79 Å². The van der Waals surface area contributed by atoms with E-state index in [1.165, 1.54) is 0 Å². The molecule has 2 rings (SSSR count). The highest BCUT2D eigenvalue weighted by Gasteiger charge is 2.14. The Hall–Kier alpha value is -1.43. The monoisotopic (exact) mass is 282 g/mol. The Morgan fingerprint density at radius 2 is 2.44 bits per heavy atom. The molecule has 2 heterocycles. The van der Waals surface area contributed by atoms with Crippen LogP contribution in [0.2, 0.25) is 0 Å². The fourth-order valence-corrected chi connectivity index (χ4v) is 1.51. The zero-order valence-electron chi connectivity index (χ0n) is 8.72. The molecule has 2 aromatic rings. The molecule has 0 radical (unpaired) electrons. The third-order valence-corrected chi connectivity index (χ3v) is 3.15. The van der Waals surface area contributed by atoms with Crippen LogP contribution in [0, 0.1) is 0 Å². The lowest BCUT2D eigenvalue weighted by atomic mass is 10.2. The fourth-order valence-electron chi connectivity index (χ4n) is 1.35. The van der Waals surface area contributed by atoms with Crippen molar-refractivity contribution in [2.75, 3.05) is 5.33 Å². The topological polar surface area (TPSA) is 59.3 Å². The van der Waals surface area contributed by atoms with Crippen LogP contribution in [-0.4, -0.2) is 31.9 Å². The quantitative estimate of drug-likeness (QED) is 0.862. The molecule has 2 aromatic heterocycles. The van der Waals surface area contributed by atoms with Gasteiger partial charge in [-0.05, 0) is 6.92 Å². The van der Waals surface area contributed by atoms with Crippen LogP contribution in [-0.2, 0) is 0 Å². The van der Waals surface area contributed by atoms with Crippen LogP contribution in [0.15, 0.2) is 24.8 Å². The summed E-state index contributed by atoms with van der Waals surface area (Å²) in [5.74, 6) is -0.130. The number of amides is 1. The number of hydrogen-bond acceptors (Lipinski definition) is 3. The molecule has 1 atom stereocenters. The van der Waals surface area contributed by atoms with Crippen molar-refractivity contribution < 1.29 is 4.79 Å². The smallest absolute Gasteiger partial charge is 0.255 e. The van der Waals surface area contributed by atoms with Gasteiger partial charge < -0.3 is 5.32 Å². The van der Waals surface area contributed by atoms with Crippen molar-refractivity contribution in [3.05, 3.63) is 30.4 Å². The van der Waals surface area contributed by atoms with Gasteiger partial charge in [0.1, 0.15) is 0 Å². The van der Waals surface area contributed by atoms with Crippen LogP contribution in [0.3, 0.4) is 0 Å². The Bertz CT molecular complexity index is 510. The number of hydrogen-bond donors (Lipinski definition) is 1. The zero-order valence-corrected chi connectivity index (χ0v) is 10.3. The number of alkyl halides is 1. The van der Waals surface area contributed by atoms with Gasteiger partial charge in [-0.25, -0.2) is 4.52 Å².